The molecule has 35 heavy (non-hydrogen) atoms. The first-order chi connectivity index (χ1) is 16.5. The molecule has 0 aliphatic carbocycles. The van der Waals surface area contributed by atoms with E-state index in [-0.39, 0.29) is 36.9 Å². The van der Waals surface area contributed by atoms with Crippen LogP contribution in [0.3, 0.4) is 0 Å². The van der Waals surface area contributed by atoms with Crippen LogP contribution in [0.4, 0.5) is 23.7 Å². The summed E-state index contributed by atoms with van der Waals surface area (Å²) < 4.78 is 43.9. The summed E-state index contributed by atoms with van der Waals surface area (Å²) in [6, 6.07) is 11.2. The summed E-state index contributed by atoms with van der Waals surface area (Å²) in [5, 5.41) is 13.0. The van der Waals surface area contributed by atoms with Crippen LogP contribution >= 0.6 is 11.6 Å². The molecule has 2 N–H and O–H groups in total. The van der Waals surface area contributed by atoms with E-state index >= 15 is 0 Å². The summed E-state index contributed by atoms with van der Waals surface area (Å²) >= 11 is 6.32. The number of nitrogens with one attached hydrogen (secondary N) is 1. The van der Waals surface area contributed by atoms with Crippen molar-refractivity contribution in [1.82, 2.24) is 9.80 Å². The quantitative estimate of drug-likeness (QED) is 0.423. The molecule has 0 aliphatic heterocycles. The highest BCUT2D eigenvalue weighted by molar-refractivity contribution is 6.31. The standard InChI is InChI=1S/C25H33ClF3N3O3/c1-17(13-32(18(2)16-33)14-19-7-5-6-8-22(19)26)23(35-4)15-31(3)24(34)30-21-11-9-20(10-12-21)25(27,28)29/h5-12,17-18,23,33H,13-16H2,1-4H3,(H,30,34)/t17-,18-,23-/m0/s1. The SMILES string of the molecule is CO[C@@H](CN(C)C(=O)Nc1ccc(C(F)(F)F)cc1)[C@@H](C)CN(Cc1ccccc1Cl)[C@@H](C)CO. The number of benzene rings is 2. The number of methoxy groups -OCH3 is 1. The molecule has 2 rings (SSSR count). The Hall–Kier alpha value is -2.33. The monoisotopic (exact) mass is 515 g/mol. The first-order valence-electron chi connectivity index (χ1n) is 11.3. The molecule has 0 unspecified atom stereocenters. The van der Waals surface area contributed by atoms with Crippen LogP contribution in [-0.4, -0.2) is 66.9 Å². The number of rotatable bonds is 11. The third kappa shape index (κ3) is 8.68. The van der Waals surface area contributed by atoms with Gasteiger partial charge in [-0.15, -0.1) is 0 Å². The molecule has 0 saturated heterocycles. The Kier molecular flexibility index (Phi) is 10.8. The third-order valence-electron chi connectivity index (χ3n) is 5.94. The van der Waals surface area contributed by atoms with Gasteiger partial charge in [0.25, 0.3) is 0 Å². The normalized spacial score (nSPS) is 14.5. The van der Waals surface area contributed by atoms with E-state index in [0.717, 1.165) is 17.7 Å². The number of ether oxygens (including phenoxy) is 1. The third-order valence-corrected chi connectivity index (χ3v) is 6.31. The molecule has 0 radical (unpaired) electrons. The van der Waals surface area contributed by atoms with E-state index in [4.69, 9.17) is 16.3 Å². The summed E-state index contributed by atoms with van der Waals surface area (Å²) in [7, 11) is 3.16. The first kappa shape index (κ1) is 28.9. The second kappa shape index (κ2) is 13.1. The second-order valence-corrected chi connectivity index (χ2v) is 9.10. The van der Waals surface area contributed by atoms with Gasteiger partial charge in [-0.25, -0.2) is 4.79 Å². The number of carbonyl (C=O) groups excluding carboxylic acids is 1. The number of nitrogens with zero attached hydrogens (tertiary/aromatic N) is 2. The molecule has 0 aromatic heterocycles. The van der Waals surface area contributed by atoms with Gasteiger partial charge in [-0.2, -0.15) is 13.2 Å². The highest BCUT2D eigenvalue weighted by Crippen LogP contribution is 2.30. The number of carbonyl (C=O) groups is 1. The summed E-state index contributed by atoms with van der Waals surface area (Å²) in [6.45, 7) is 5.29. The van der Waals surface area contributed by atoms with Gasteiger partial charge in [0.2, 0.25) is 0 Å². The molecule has 0 aliphatic rings. The van der Waals surface area contributed by atoms with Crippen LogP contribution in [0.2, 0.25) is 5.02 Å². The zero-order valence-corrected chi connectivity index (χ0v) is 21.1. The van der Waals surface area contributed by atoms with E-state index in [0.29, 0.717) is 18.1 Å². The maximum Gasteiger partial charge on any atom is 0.416 e. The topological polar surface area (TPSA) is 65.0 Å². The fourth-order valence-corrected chi connectivity index (χ4v) is 3.85. The van der Waals surface area contributed by atoms with Gasteiger partial charge in [0.05, 0.1) is 18.3 Å². The van der Waals surface area contributed by atoms with Crippen molar-refractivity contribution in [3.63, 3.8) is 0 Å². The molecule has 0 bridgehead atoms. The fourth-order valence-electron chi connectivity index (χ4n) is 3.65. The van der Waals surface area contributed by atoms with Crippen LogP contribution in [0.25, 0.3) is 0 Å². The minimum Gasteiger partial charge on any atom is -0.395 e. The van der Waals surface area contributed by atoms with E-state index in [9.17, 15) is 23.1 Å². The molecule has 2 amide bonds. The maximum absolute atomic E-state index is 12.7. The number of halogens is 4. The largest absolute Gasteiger partial charge is 0.416 e. The van der Waals surface area contributed by atoms with Crippen LogP contribution in [-0.2, 0) is 17.5 Å². The zero-order valence-electron chi connectivity index (χ0n) is 20.3. The predicted octanol–water partition coefficient (Wildman–Crippen LogP) is 5.36. The first-order valence-corrected chi connectivity index (χ1v) is 11.6. The summed E-state index contributed by atoms with van der Waals surface area (Å²) in [5.41, 5.74) is 0.429. The molecule has 2 aromatic rings. The van der Waals surface area contributed by atoms with Crippen molar-refractivity contribution in [2.45, 2.75) is 38.7 Å². The lowest BCUT2D eigenvalue weighted by molar-refractivity contribution is -0.137. The Morgan fingerprint density at radius 2 is 1.74 bits per heavy atom. The molecule has 0 spiro atoms. The van der Waals surface area contributed by atoms with Crippen molar-refractivity contribution in [1.29, 1.82) is 0 Å². The van der Waals surface area contributed by atoms with Gasteiger partial charge in [0.15, 0.2) is 0 Å². The molecule has 6 nitrogen and oxygen atoms in total. The number of aliphatic hydroxyl groups is 1. The van der Waals surface area contributed by atoms with Crippen molar-refractivity contribution in [2.24, 2.45) is 5.92 Å². The average molecular weight is 516 g/mol. The maximum atomic E-state index is 12.7. The van der Waals surface area contributed by atoms with Gasteiger partial charge in [-0.1, -0.05) is 36.7 Å². The number of amides is 2. The van der Waals surface area contributed by atoms with Gasteiger partial charge >= 0.3 is 12.2 Å². The lowest BCUT2D eigenvalue weighted by atomic mass is 10.0. The number of hydrogen-bond donors (Lipinski definition) is 2. The van der Waals surface area contributed by atoms with Gasteiger partial charge < -0.3 is 20.1 Å². The highest BCUT2D eigenvalue weighted by atomic mass is 35.5. The Bertz CT molecular complexity index is 944. The van der Waals surface area contributed by atoms with E-state index in [1.54, 1.807) is 14.2 Å². The minimum absolute atomic E-state index is 0.0159. The average Bonchev–Trinajstić information content (AvgIpc) is 2.82. The van der Waals surface area contributed by atoms with Crippen molar-refractivity contribution >= 4 is 23.3 Å². The minimum atomic E-state index is -4.44. The highest BCUT2D eigenvalue weighted by Gasteiger charge is 2.30. The number of anilines is 1. The summed E-state index contributed by atoms with van der Waals surface area (Å²) in [5.74, 6) is -0.0159. The number of urea groups is 1. The van der Waals surface area contributed by atoms with Crippen molar-refractivity contribution in [3.8, 4) is 0 Å². The molecule has 3 atom stereocenters. The van der Waals surface area contributed by atoms with Gasteiger partial charge in [-0.3, -0.25) is 4.90 Å². The number of hydrogen-bond acceptors (Lipinski definition) is 4. The van der Waals surface area contributed by atoms with Gasteiger partial charge in [-0.05, 0) is 48.7 Å². The van der Waals surface area contributed by atoms with Crippen LogP contribution in [0.15, 0.2) is 48.5 Å². The zero-order chi connectivity index (χ0) is 26.2. The molecule has 0 saturated carbocycles. The molecular formula is C25H33ClF3N3O3. The number of likely N-dealkylation sites (N-methyl/N-ethyl adjacent to an activating group) is 1. The number of alkyl halides is 3. The Labute approximate surface area is 209 Å². The molecular weight excluding hydrogens is 483 g/mol. The number of aliphatic hydroxyl groups excluding tert-OH is 1. The van der Waals surface area contributed by atoms with Crippen LogP contribution in [0, 0.1) is 5.92 Å². The van der Waals surface area contributed by atoms with Crippen LogP contribution in [0.5, 0.6) is 0 Å². The molecule has 10 heteroatoms. The Morgan fingerprint density at radius 3 is 2.29 bits per heavy atom. The van der Waals surface area contributed by atoms with E-state index in [1.807, 2.05) is 38.1 Å². The van der Waals surface area contributed by atoms with Crippen LogP contribution < -0.4 is 5.32 Å². The molecule has 0 heterocycles. The predicted molar refractivity (Wildman–Crippen MR) is 131 cm³/mol. The van der Waals surface area contributed by atoms with Gasteiger partial charge in [0.1, 0.15) is 0 Å². The molecule has 0 fully saturated rings. The Morgan fingerprint density at radius 1 is 1.11 bits per heavy atom. The summed E-state index contributed by atoms with van der Waals surface area (Å²) in [6.07, 6.45) is -4.76. The second-order valence-electron chi connectivity index (χ2n) is 8.69. The Balaban J connectivity index is 2.00. The lowest BCUT2D eigenvalue weighted by Gasteiger charge is -2.34. The fraction of sp³-hybridized carbons (Fsp3) is 0.480. The summed E-state index contributed by atoms with van der Waals surface area (Å²) in [4.78, 5) is 16.1. The van der Waals surface area contributed by atoms with Crippen LogP contribution in [0.1, 0.15) is 25.0 Å². The smallest absolute Gasteiger partial charge is 0.395 e. The molecule has 194 valence electrons. The van der Waals surface area contributed by atoms with Gasteiger partial charge in [0, 0.05) is 50.5 Å². The van der Waals surface area contributed by atoms with Crippen molar-refractivity contribution < 1.29 is 27.8 Å². The van der Waals surface area contributed by atoms with E-state index in [2.05, 4.69) is 10.2 Å². The van der Waals surface area contributed by atoms with E-state index < -0.39 is 17.8 Å². The van der Waals surface area contributed by atoms with Crippen molar-refractivity contribution in [2.75, 3.05) is 39.2 Å². The van der Waals surface area contributed by atoms with Crippen molar-refractivity contribution in [3.05, 3.63) is 64.7 Å². The lowest BCUT2D eigenvalue weighted by Crippen LogP contribution is -2.45. The van der Waals surface area contributed by atoms with E-state index in [1.165, 1.54) is 17.0 Å². The molecule has 2 aromatic carbocycles.